The number of ether oxygens (including phenoxy) is 1. The van der Waals surface area contributed by atoms with Gasteiger partial charge in [0.15, 0.2) is 5.76 Å². The normalized spacial score (nSPS) is 12.1. The van der Waals surface area contributed by atoms with E-state index in [9.17, 15) is 26.4 Å². The Morgan fingerprint density at radius 1 is 1.11 bits per heavy atom. The van der Waals surface area contributed by atoms with Crippen LogP contribution in [0.15, 0.2) is 57.8 Å². The number of rotatable bonds is 5. The Kier molecular flexibility index (Phi) is 5.04. The van der Waals surface area contributed by atoms with Gasteiger partial charge < -0.3 is 9.15 Å². The summed E-state index contributed by atoms with van der Waals surface area (Å²) < 4.78 is 70.4. The van der Waals surface area contributed by atoms with Crippen molar-refractivity contribution in [2.75, 3.05) is 0 Å². The summed E-state index contributed by atoms with van der Waals surface area (Å²) >= 11 is 0. The van der Waals surface area contributed by atoms with Gasteiger partial charge in [-0.2, -0.15) is 0 Å². The van der Waals surface area contributed by atoms with E-state index >= 15 is 0 Å². The van der Waals surface area contributed by atoms with Gasteiger partial charge in [0.2, 0.25) is 0 Å². The van der Waals surface area contributed by atoms with Crippen molar-refractivity contribution in [3.8, 4) is 5.75 Å². The van der Waals surface area contributed by atoms with Gasteiger partial charge in [0.1, 0.15) is 11.3 Å². The van der Waals surface area contributed by atoms with Crippen LogP contribution in [0.2, 0.25) is 0 Å². The van der Waals surface area contributed by atoms with Gasteiger partial charge in [-0.3, -0.25) is 10.2 Å². The van der Waals surface area contributed by atoms with Crippen LogP contribution in [0.1, 0.15) is 16.1 Å². The SMILES string of the molecule is Cc1c(C(=O)NNS(=O)(=O)c2cccc(OC(F)(F)F)c2)oc2ccccc12. The number of amides is 1. The molecule has 0 aliphatic rings. The van der Waals surface area contributed by atoms with Crippen LogP contribution in [-0.2, 0) is 10.0 Å². The van der Waals surface area contributed by atoms with Crippen LogP contribution in [0.3, 0.4) is 0 Å². The van der Waals surface area contributed by atoms with Gasteiger partial charge in [-0.25, -0.2) is 8.42 Å². The zero-order valence-electron chi connectivity index (χ0n) is 14.2. The van der Waals surface area contributed by atoms with E-state index in [1.54, 1.807) is 31.2 Å². The highest BCUT2D eigenvalue weighted by Crippen LogP contribution is 2.26. The Balaban J connectivity index is 1.76. The van der Waals surface area contributed by atoms with Crippen molar-refractivity contribution >= 4 is 26.9 Å². The lowest BCUT2D eigenvalue weighted by atomic mass is 10.1. The van der Waals surface area contributed by atoms with Gasteiger partial charge in [-0.1, -0.05) is 24.3 Å². The average Bonchev–Trinajstić information content (AvgIpc) is 2.96. The second-order valence-corrected chi connectivity index (χ2v) is 7.32. The molecule has 0 saturated heterocycles. The third kappa shape index (κ3) is 4.26. The van der Waals surface area contributed by atoms with Gasteiger partial charge >= 0.3 is 12.3 Å². The molecule has 0 aliphatic heterocycles. The Hall–Kier alpha value is -3.05. The minimum Gasteiger partial charge on any atom is -0.451 e. The molecule has 148 valence electrons. The highest BCUT2D eigenvalue weighted by Gasteiger charge is 2.31. The summed E-state index contributed by atoms with van der Waals surface area (Å²) in [5.74, 6) is -1.67. The highest BCUT2D eigenvalue weighted by molar-refractivity contribution is 7.89. The number of hydrazine groups is 1. The first kappa shape index (κ1) is 19.7. The number of alkyl halides is 3. The Labute approximate surface area is 157 Å². The first-order valence-electron chi connectivity index (χ1n) is 7.73. The highest BCUT2D eigenvalue weighted by atomic mass is 32.2. The molecule has 0 saturated carbocycles. The number of carbonyl (C=O) groups excluding carboxylic acids is 1. The van der Waals surface area contributed by atoms with Crippen LogP contribution in [0.5, 0.6) is 5.75 Å². The number of halogens is 3. The van der Waals surface area contributed by atoms with Crippen molar-refractivity contribution in [3.63, 3.8) is 0 Å². The van der Waals surface area contributed by atoms with Crippen LogP contribution < -0.4 is 15.0 Å². The van der Waals surface area contributed by atoms with Crippen LogP contribution in [-0.4, -0.2) is 20.7 Å². The molecule has 0 spiro atoms. The van der Waals surface area contributed by atoms with Gasteiger partial charge in [-0.05, 0) is 25.1 Å². The molecule has 0 radical (unpaired) electrons. The number of carbonyl (C=O) groups is 1. The molecule has 1 aromatic heterocycles. The number of hydrogen-bond donors (Lipinski definition) is 2. The third-order valence-corrected chi connectivity index (χ3v) is 4.94. The number of furan rings is 1. The molecule has 2 N–H and O–H groups in total. The third-order valence-electron chi connectivity index (χ3n) is 3.70. The molecule has 28 heavy (non-hydrogen) atoms. The first-order chi connectivity index (χ1) is 13.1. The molecule has 1 amide bonds. The van der Waals surface area contributed by atoms with Crippen molar-refractivity contribution in [2.24, 2.45) is 0 Å². The summed E-state index contributed by atoms with van der Waals surface area (Å²) in [4.78, 5) is 13.5. The van der Waals surface area contributed by atoms with E-state index in [4.69, 9.17) is 4.42 Å². The van der Waals surface area contributed by atoms with Gasteiger partial charge in [-0.15, -0.1) is 18.0 Å². The van der Waals surface area contributed by atoms with Gasteiger partial charge in [0.25, 0.3) is 10.0 Å². The molecule has 11 heteroatoms. The molecule has 7 nitrogen and oxygen atoms in total. The number of aryl methyl sites for hydroxylation is 1. The number of nitrogens with one attached hydrogen (secondary N) is 2. The maximum absolute atomic E-state index is 12.3. The quantitative estimate of drug-likeness (QED) is 0.625. The number of fused-ring (bicyclic) bond motifs is 1. The molecule has 3 aromatic rings. The maximum Gasteiger partial charge on any atom is 0.573 e. The second kappa shape index (κ2) is 7.17. The lowest BCUT2D eigenvalue weighted by Gasteiger charge is -2.11. The Morgan fingerprint density at radius 2 is 1.82 bits per heavy atom. The number of sulfonamides is 1. The molecule has 2 aromatic carbocycles. The summed E-state index contributed by atoms with van der Waals surface area (Å²) in [6.07, 6.45) is -4.97. The average molecular weight is 414 g/mol. The second-order valence-electron chi connectivity index (χ2n) is 5.63. The number of hydrogen-bond acceptors (Lipinski definition) is 5. The fourth-order valence-corrected chi connectivity index (χ4v) is 3.33. The van der Waals surface area contributed by atoms with Crippen LogP contribution in [0.4, 0.5) is 13.2 Å². The summed E-state index contributed by atoms with van der Waals surface area (Å²) in [5.41, 5.74) is 2.93. The fourth-order valence-electron chi connectivity index (χ4n) is 2.46. The van der Waals surface area contributed by atoms with Crippen molar-refractivity contribution in [2.45, 2.75) is 18.2 Å². The molecule has 0 unspecified atom stereocenters. The largest absolute Gasteiger partial charge is 0.573 e. The number of para-hydroxylation sites is 1. The van der Waals surface area contributed by atoms with Crippen molar-refractivity contribution in [3.05, 3.63) is 59.9 Å². The molecule has 0 bridgehead atoms. The summed E-state index contributed by atoms with van der Waals surface area (Å²) in [6.45, 7) is 1.63. The number of benzene rings is 2. The Morgan fingerprint density at radius 3 is 2.50 bits per heavy atom. The van der Waals surface area contributed by atoms with Crippen molar-refractivity contribution in [1.82, 2.24) is 10.3 Å². The van der Waals surface area contributed by atoms with Crippen molar-refractivity contribution in [1.29, 1.82) is 0 Å². The molecular formula is C17H13F3N2O5S. The Bertz CT molecular complexity index is 1140. The van der Waals surface area contributed by atoms with Crippen molar-refractivity contribution < 1.29 is 35.5 Å². The molecule has 3 rings (SSSR count). The van der Waals surface area contributed by atoms with E-state index < -0.39 is 32.9 Å². The zero-order valence-corrected chi connectivity index (χ0v) is 15.0. The minimum absolute atomic E-state index is 0.0990. The summed E-state index contributed by atoms with van der Waals surface area (Å²) in [6, 6.07) is 10.6. The van der Waals surface area contributed by atoms with E-state index in [0.717, 1.165) is 18.2 Å². The summed E-state index contributed by atoms with van der Waals surface area (Å²) in [5, 5.41) is 0.688. The standard InChI is InChI=1S/C17H13F3N2O5S/c1-10-13-7-2-3-8-14(13)26-15(10)16(23)21-22-28(24,25)12-6-4-5-11(9-12)27-17(18,19)20/h2-9,22H,1H3,(H,21,23). The van der Waals surface area contributed by atoms with E-state index in [-0.39, 0.29) is 5.76 Å². The van der Waals surface area contributed by atoms with Gasteiger partial charge in [0, 0.05) is 17.0 Å². The molecule has 1 heterocycles. The van der Waals surface area contributed by atoms with E-state index in [1.165, 1.54) is 0 Å². The smallest absolute Gasteiger partial charge is 0.451 e. The van der Waals surface area contributed by atoms with E-state index in [1.807, 2.05) is 10.3 Å². The minimum atomic E-state index is -4.97. The lowest BCUT2D eigenvalue weighted by molar-refractivity contribution is -0.274. The predicted molar refractivity (Wildman–Crippen MR) is 91.9 cm³/mol. The molecule has 0 atom stereocenters. The van der Waals surface area contributed by atoms with E-state index in [0.29, 0.717) is 22.6 Å². The lowest BCUT2D eigenvalue weighted by Crippen LogP contribution is -2.41. The molecule has 0 fully saturated rings. The molecular weight excluding hydrogens is 401 g/mol. The van der Waals surface area contributed by atoms with Crippen LogP contribution in [0, 0.1) is 6.92 Å². The predicted octanol–water partition coefficient (Wildman–Crippen LogP) is 3.26. The zero-order chi connectivity index (χ0) is 20.5. The van der Waals surface area contributed by atoms with Crippen LogP contribution >= 0.6 is 0 Å². The topological polar surface area (TPSA) is 97.6 Å². The summed E-state index contributed by atoms with van der Waals surface area (Å²) in [7, 11) is -4.36. The van der Waals surface area contributed by atoms with Gasteiger partial charge in [0.05, 0.1) is 4.90 Å². The van der Waals surface area contributed by atoms with Crippen LogP contribution in [0.25, 0.3) is 11.0 Å². The monoisotopic (exact) mass is 414 g/mol. The maximum atomic E-state index is 12.3. The van der Waals surface area contributed by atoms with E-state index in [2.05, 4.69) is 4.74 Å². The fraction of sp³-hybridized carbons (Fsp3) is 0.118. The first-order valence-corrected chi connectivity index (χ1v) is 9.21. The molecule has 0 aliphatic carbocycles.